The largest absolute Gasteiger partial charge is 0.274 e. The zero-order valence-corrected chi connectivity index (χ0v) is 10.4. The second kappa shape index (κ2) is 3.05. The van der Waals surface area contributed by atoms with Crippen molar-refractivity contribution in [1.82, 2.24) is 19.6 Å². The van der Waals surface area contributed by atoms with E-state index in [0.29, 0.717) is 0 Å². The molecule has 4 nitrogen and oxygen atoms in total. The first-order valence-electron chi connectivity index (χ1n) is 3.22. The molecule has 0 fully saturated rings. The van der Waals surface area contributed by atoms with Crippen molar-refractivity contribution in [3.05, 3.63) is 19.4 Å². The summed E-state index contributed by atoms with van der Waals surface area (Å²) in [6.45, 7) is 1.96. The third kappa shape index (κ3) is 1.30. The molecule has 0 aromatic carbocycles. The van der Waals surface area contributed by atoms with Crippen molar-refractivity contribution in [3.63, 3.8) is 0 Å². The topological polar surface area (TPSA) is 43.1 Å². The van der Waals surface area contributed by atoms with Crippen LogP contribution in [0.1, 0.15) is 5.69 Å². The molecular formula is C6H4I2N4. The van der Waals surface area contributed by atoms with Crippen LogP contribution >= 0.6 is 45.2 Å². The minimum absolute atomic E-state index is 0.825. The fourth-order valence-corrected chi connectivity index (χ4v) is 2.17. The summed E-state index contributed by atoms with van der Waals surface area (Å²) in [5, 5.41) is 7.95. The number of halogens is 2. The molecular weight excluding hydrogens is 382 g/mol. The number of fused-ring (bicyclic) bond motifs is 1. The van der Waals surface area contributed by atoms with Crippen molar-refractivity contribution in [1.29, 1.82) is 0 Å². The van der Waals surface area contributed by atoms with Crippen LogP contribution in [0.3, 0.4) is 0 Å². The predicted octanol–water partition coefficient (Wildman–Crippen LogP) is 1.64. The van der Waals surface area contributed by atoms with E-state index >= 15 is 0 Å². The molecule has 0 bridgehead atoms. The standard InChI is InChI=1S/C6H4I2N4/c1-3-2-12-5(4(7)9-3)10-11-6(12)8/h2H,1H3. The molecule has 0 aliphatic rings. The summed E-state index contributed by atoms with van der Waals surface area (Å²) < 4.78 is 3.69. The minimum Gasteiger partial charge on any atom is -0.274 e. The lowest BCUT2D eigenvalue weighted by Gasteiger charge is -1.97. The van der Waals surface area contributed by atoms with Crippen LogP contribution in [0, 0.1) is 14.5 Å². The van der Waals surface area contributed by atoms with Gasteiger partial charge < -0.3 is 0 Å². The van der Waals surface area contributed by atoms with E-state index in [9.17, 15) is 0 Å². The third-order valence-electron chi connectivity index (χ3n) is 1.43. The zero-order chi connectivity index (χ0) is 8.72. The Balaban J connectivity index is 2.92. The molecule has 0 unspecified atom stereocenters. The summed E-state index contributed by atoms with van der Waals surface area (Å²) >= 11 is 4.30. The molecule has 0 aliphatic carbocycles. The Labute approximate surface area is 96.1 Å². The number of nitrogens with zero attached hydrogens (tertiary/aromatic N) is 4. The number of rotatable bonds is 0. The molecule has 2 heterocycles. The van der Waals surface area contributed by atoms with Gasteiger partial charge in [0, 0.05) is 28.8 Å². The van der Waals surface area contributed by atoms with Crippen LogP contribution in [0.15, 0.2) is 6.20 Å². The molecule has 0 atom stereocenters. The molecule has 62 valence electrons. The highest BCUT2D eigenvalue weighted by Crippen LogP contribution is 2.12. The average molecular weight is 386 g/mol. The summed E-state index contributed by atoms with van der Waals surface area (Å²) in [7, 11) is 0. The van der Waals surface area contributed by atoms with Gasteiger partial charge in [0.15, 0.2) is 9.48 Å². The van der Waals surface area contributed by atoms with Gasteiger partial charge in [-0.25, -0.2) is 4.98 Å². The van der Waals surface area contributed by atoms with Crippen molar-refractivity contribution in [3.8, 4) is 0 Å². The maximum atomic E-state index is 4.28. The first-order chi connectivity index (χ1) is 5.68. The molecule has 2 aromatic rings. The second-order valence-corrected chi connectivity index (χ2v) is 4.32. The highest BCUT2D eigenvalue weighted by molar-refractivity contribution is 14.1. The molecule has 0 saturated heterocycles. The van der Waals surface area contributed by atoms with Crippen molar-refractivity contribution < 1.29 is 0 Å². The summed E-state index contributed by atoms with van der Waals surface area (Å²) in [6.07, 6.45) is 1.93. The average Bonchev–Trinajstić information content (AvgIpc) is 2.33. The van der Waals surface area contributed by atoms with Crippen LogP contribution in [-0.2, 0) is 0 Å². The summed E-state index contributed by atoms with van der Waals surface area (Å²) in [5.74, 6) is 0. The van der Waals surface area contributed by atoms with Crippen LogP contribution in [0.25, 0.3) is 5.65 Å². The smallest absolute Gasteiger partial charge is 0.198 e. The van der Waals surface area contributed by atoms with Gasteiger partial charge in [0.25, 0.3) is 0 Å². The van der Waals surface area contributed by atoms with Crippen LogP contribution in [0.5, 0.6) is 0 Å². The third-order valence-corrected chi connectivity index (χ3v) is 2.89. The van der Waals surface area contributed by atoms with Crippen molar-refractivity contribution in [2.75, 3.05) is 0 Å². The SMILES string of the molecule is Cc1cn2c(I)nnc2c(I)n1. The molecule has 0 N–H and O–H groups in total. The van der Waals surface area contributed by atoms with Crippen LogP contribution in [0.4, 0.5) is 0 Å². The molecule has 0 amide bonds. The molecule has 0 spiro atoms. The lowest BCUT2D eigenvalue weighted by atomic mass is 10.5. The Hall–Kier alpha value is 0.01000. The van der Waals surface area contributed by atoms with E-state index in [0.717, 1.165) is 18.9 Å². The van der Waals surface area contributed by atoms with Crippen LogP contribution in [0.2, 0.25) is 0 Å². The predicted molar refractivity (Wildman–Crippen MR) is 61.0 cm³/mol. The molecule has 0 aliphatic heterocycles. The highest BCUT2D eigenvalue weighted by atomic mass is 127. The second-order valence-electron chi connectivity index (χ2n) is 2.34. The van der Waals surface area contributed by atoms with Gasteiger partial charge in [0.05, 0.1) is 5.69 Å². The molecule has 6 heteroatoms. The minimum atomic E-state index is 0.825. The quantitative estimate of drug-likeness (QED) is 0.647. The van der Waals surface area contributed by atoms with Crippen molar-refractivity contribution in [2.45, 2.75) is 6.92 Å². The molecule has 2 aromatic heterocycles. The molecule has 2 rings (SSSR count). The summed E-state index contributed by atoms with van der Waals surface area (Å²) in [6, 6.07) is 0. The van der Waals surface area contributed by atoms with Crippen molar-refractivity contribution in [2.24, 2.45) is 0 Å². The fourth-order valence-electron chi connectivity index (χ4n) is 0.948. The van der Waals surface area contributed by atoms with Gasteiger partial charge in [-0.1, -0.05) is 0 Å². The number of aromatic nitrogens is 4. The lowest BCUT2D eigenvalue weighted by Crippen LogP contribution is -1.95. The van der Waals surface area contributed by atoms with Crippen molar-refractivity contribution >= 4 is 50.8 Å². The zero-order valence-electron chi connectivity index (χ0n) is 6.12. The first-order valence-corrected chi connectivity index (χ1v) is 5.37. The lowest BCUT2D eigenvalue weighted by molar-refractivity contribution is 1.02. The van der Waals surface area contributed by atoms with Crippen LogP contribution < -0.4 is 0 Å². The van der Waals surface area contributed by atoms with Gasteiger partial charge in [0.2, 0.25) is 0 Å². The first kappa shape index (κ1) is 8.60. The van der Waals surface area contributed by atoms with Gasteiger partial charge in [-0.2, -0.15) is 0 Å². The van der Waals surface area contributed by atoms with E-state index in [-0.39, 0.29) is 0 Å². The Morgan fingerprint density at radius 2 is 2.08 bits per heavy atom. The molecule has 12 heavy (non-hydrogen) atoms. The highest BCUT2D eigenvalue weighted by Gasteiger charge is 2.06. The van der Waals surface area contributed by atoms with Gasteiger partial charge in [-0.15, -0.1) is 10.2 Å². The molecule has 0 saturated carbocycles. The van der Waals surface area contributed by atoms with Gasteiger partial charge >= 0.3 is 0 Å². The Morgan fingerprint density at radius 3 is 2.83 bits per heavy atom. The Morgan fingerprint density at radius 1 is 1.33 bits per heavy atom. The number of aryl methyl sites for hydroxylation is 1. The van der Waals surface area contributed by atoms with Gasteiger partial charge in [-0.3, -0.25) is 4.40 Å². The van der Waals surface area contributed by atoms with E-state index in [2.05, 4.69) is 60.4 Å². The van der Waals surface area contributed by atoms with E-state index in [1.807, 2.05) is 17.5 Å². The Kier molecular flexibility index (Phi) is 2.19. The monoisotopic (exact) mass is 386 g/mol. The number of hydrogen-bond acceptors (Lipinski definition) is 3. The normalized spacial score (nSPS) is 10.9. The number of hydrogen-bond donors (Lipinski definition) is 0. The van der Waals surface area contributed by atoms with Crippen LogP contribution in [-0.4, -0.2) is 19.6 Å². The van der Waals surface area contributed by atoms with E-state index < -0.39 is 0 Å². The molecule has 0 radical (unpaired) electrons. The van der Waals surface area contributed by atoms with E-state index in [1.165, 1.54) is 0 Å². The van der Waals surface area contributed by atoms with Gasteiger partial charge in [0.1, 0.15) is 3.70 Å². The Bertz CT molecular complexity index is 436. The maximum Gasteiger partial charge on any atom is 0.198 e. The maximum absolute atomic E-state index is 4.28. The summed E-state index contributed by atoms with van der Waals surface area (Å²) in [4.78, 5) is 4.28. The summed E-state index contributed by atoms with van der Waals surface area (Å²) in [5.41, 5.74) is 1.80. The fraction of sp³-hybridized carbons (Fsp3) is 0.167. The van der Waals surface area contributed by atoms with E-state index in [1.54, 1.807) is 0 Å². The van der Waals surface area contributed by atoms with Gasteiger partial charge in [-0.05, 0) is 29.5 Å². The van der Waals surface area contributed by atoms with E-state index in [4.69, 9.17) is 0 Å².